The van der Waals surface area contributed by atoms with Crippen LogP contribution >= 0.6 is 0 Å². The van der Waals surface area contributed by atoms with Crippen LogP contribution < -0.4 is 24.8 Å². The minimum absolute atomic E-state index is 0.0322. The van der Waals surface area contributed by atoms with Crippen LogP contribution in [-0.2, 0) is 14.8 Å². The Morgan fingerprint density at radius 2 is 1.88 bits per heavy atom. The molecule has 1 aliphatic heterocycles. The Balaban J connectivity index is 1.41. The van der Waals surface area contributed by atoms with E-state index in [4.69, 9.17) is 14.2 Å². The molecule has 2 aromatic carbocycles. The summed E-state index contributed by atoms with van der Waals surface area (Å²) < 4.78 is 41.4. The zero-order chi connectivity index (χ0) is 24.0. The van der Waals surface area contributed by atoms with Gasteiger partial charge in [0, 0.05) is 32.3 Å². The molecule has 0 saturated heterocycles. The second-order valence-electron chi connectivity index (χ2n) is 7.28. The van der Waals surface area contributed by atoms with Gasteiger partial charge in [-0.05, 0) is 30.3 Å². The van der Waals surface area contributed by atoms with Gasteiger partial charge in [-0.2, -0.15) is 0 Å². The van der Waals surface area contributed by atoms with E-state index in [1.54, 1.807) is 18.2 Å². The maximum Gasteiger partial charge on any atom is 0.251 e. The van der Waals surface area contributed by atoms with Crippen molar-refractivity contribution in [2.24, 2.45) is 0 Å². The number of benzene rings is 2. The maximum absolute atomic E-state index is 12.3. The Kier molecular flexibility index (Phi) is 7.74. The van der Waals surface area contributed by atoms with E-state index < -0.39 is 27.9 Å². The number of aliphatic hydroxyl groups is 1. The topological polar surface area (TPSA) is 144 Å². The number of sulfonamides is 1. The third kappa shape index (κ3) is 6.34. The van der Waals surface area contributed by atoms with Crippen LogP contribution in [0.15, 0.2) is 47.4 Å². The van der Waals surface area contributed by atoms with Crippen LogP contribution in [0.4, 0.5) is 0 Å². The summed E-state index contributed by atoms with van der Waals surface area (Å²) in [5.41, 5.74) is 0.0999. The van der Waals surface area contributed by atoms with Crippen LogP contribution in [0.2, 0.25) is 0 Å². The van der Waals surface area contributed by atoms with Crippen LogP contribution in [0.1, 0.15) is 10.4 Å². The summed E-state index contributed by atoms with van der Waals surface area (Å²) in [6.07, 6.45) is -0.983. The van der Waals surface area contributed by atoms with Crippen molar-refractivity contribution < 1.29 is 37.3 Å². The molecule has 1 unspecified atom stereocenters. The van der Waals surface area contributed by atoms with Gasteiger partial charge in [0.25, 0.3) is 5.91 Å². The van der Waals surface area contributed by atoms with Gasteiger partial charge in [-0.25, -0.2) is 12.7 Å². The monoisotopic (exact) mass is 479 g/mol. The number of carbonyl (C=O) groups is 2. The molecule has 0 radical (unpaired) electrons. The average molecular weight is 480 g/mol. The molecule has 11 nitrogen and oxygen atoms in total. The number of rotatable bonds is 10. The average Bonchev–Trinajstić information content (AvgIpc) is 3.27. The highest BCUT2D eigenvalue weighted by Crippen LogP contribution is 2.35. The minimum atomic E-state index is -3.69. The van der Waals surface area contributed by atoms with Crippen molar-refractivity contribution >= 4 is 21.8 Å². The molecule has 178 valence electrons. The van der Waals surface area contributed by atoms with E-state index in [1.165, 1.54) is 38.4 Å². The highest BCUT2D eigenvalue weighted by Gasteiger charge is 2.19. The fourth-order valence-corrected chi connectivity index (χ4v) is 3.73. The molecule has 12 heteroatoms. The quantitative estimate of drug-likeness (QED) is 0.430. The van der Waals surface area contributed by atoms with Gasteiger partial charge in [0.05, 0.1) is 11.4 Å². The Bertz CT molecular complexity index is 1120. The van der Waals surface area contributed by atoms with E-state index in [9.17, 15) is 23.1 Å². The predicted octanol–water partition coefficient (Wildman–Crippen LogP) is -0.0485. The first-order valence-corrected chi connectivity index (χ1v) is 11.4. The number of hydrogen-bond acceptors (Lipinski definition) is 8. The first-order valence-electron chi connectivity index (χ1n) is 9.95. The fraction of sp³-hybridized carbons (Fsp3) is 0.333. The molecule has 33 heavy (non-hydrogen) atoms. The second-order valence-corrected chi connectivity index (χ2v) is 9.43. The predicted molar refractivity (Wildman–Crippen MR) is 117 cm³/mol. The molecule has 1 heterocycles. The number of nitrogens with one attached hydrogen (secondary N) is 2. The van der Waals surface area contributed by atoms with Crippen LogP contribution in [0.25, 0.3) is 0 Å². The number of nitrogens with zero attached hydrogens (tertiary/aromatic N) is 1. The number of hydrogen-bond donors (Lipinski definition) is 3. The zero-order valence-corrected chi connectivity index (χ0v) is 18.9. The lowest BCUT2D eigenvalue weighted by molar-refractivity contribution is -0.120. The number of aliphatic hydroxyl groups excluding tert-OH is 1. The van der Waals surface area contributed by atoms with Gasteiger partial charge in [-0.3, -0.25) is 9.59 Å². The molecular weight excluding hydrogens is 454 g/mol. The second kappa shape index (κ2) is 10.5. The first kappa shape index (κ1) is 24.3. The van der Waals surface area contributed by atoms with Crippen LogP contribution in [0.5, 0.6) is 17.2 Å². The van der Waals surface area contributed by atoms with Gasteiger partial charge < -0.3 is 30.0 Å². The van der Waals surface area contributed by atoms with Gasteiger partial charge in [-0.15, -0.1) is 0 Å². The lowest BCUT2D eigenvalue weighted by atomic mass is 10.2. The van der Waals surface area contributed by atoms with Gasteiger partial charge >= 0.3 is 0 Å². The largest absolute Gasteiger partial charge is 0.491 e. The summed E-state index contributed by atoms with van der Waals surface area (Å²) in [4.78, 5) is 24.2. The molecule has 0 aliphatic carbocycles. The molecule has 2 aromatic rings. The Morgan fingerprint density at radius 3 is 2.64 bits per heavy atom. The van der Waals surface area contributed by atoms with E-state index in [0.29, 0.717) is 17.2 Å². The maximum atomic E-state index is 12.3. The zero-order valence-electron chi connectivity index (χ0n) is 18.1. The van der Waals surface area contributed by atoms with E-state index >= 15 is 0 Å². The summed E-state index contributed by atoms with van der Waals surface area (Å²) >= 11 is 0. The SMILES string of the molecule is CN(C)S(=O)(=O)c1cccc(C(=O)NCC(=O)NCC(O)COc2ccc3c(c2)OCO3)c1. The van der Waals surface area contributed by atoms with E-state index in [1.807, 2.05) is 0 Å². The summed E-state index contributed by atoms with van der Waals surface area (Å²) in [5.74, 6) is 0.518. The van der Waals surface area contributed by atoms with E-state index in [0.717, 1.165) is 4.31 Å². The van der Waals surface area contributed by atoms with Crippen molar-refractivity contribution in [2.45, 2.75) is 11.0 Å². The molecule has 1 atom stereocenters. The fourth-order valence-electron chi connectivity index (χ4n) is 2.78. The Labute approximate surface area is 191 Å². The molecule has 2 amide bonds. The Hall–Kier alpha value is -3.35. The lowest BCUT2D eigenvalue weighted by Crippen LogP contribution is -2.41. The molecule has 0 aromatic heterocycles. The van der Waals surface area contributed by atoms with Crippen molar-refractivity contribution in [1.29, 1.82) is 0 Å². The highest BCUT2D eigenvalue weighted by molar-refractivity contribution is 7.89. The van der Waals surface area contributed by atoms with Crippen molar-refractivity contribution in [1.82, 2.24) is 14.9 Å². The first-order chi connectivity index (χ1) is 15.7. The summed E-state index contributed by atoms with van der Waals surface area (Å²) in [6, 6.07) is 10.5. The standard InChI is InChI=1S/C21H25N3O8S/c1-24(2)33(28,29)17-5-3-4-14(8-17)21(27)23-11-20(26)22-10-15(25)12-30-16-6-7-18-19(9-16)32-13-31-18/h3-9,15,25H,10-13H2,1-2H3,(H,22,26)(H,23,27). The van der Waals surface area contributed by atoms with Crippen molar-refractivity contribution in [3.05, 3.63) is 48.0 Å². The third-order valence-electron chi connectivity index (χ3n) is 4.61. The number of amides is 2. The molecule has 3 rings (SSSR count). The summed E-state index contributed by atoms with van der Waals surface area (Å²) in [6.45, 7) is -0.362. The smallest absolute Gasteiger partial charge is 0.251 e. The van der Waals surface area contributed by atoms with Crippen molar-refractivity contribution in [3.63, 3.8) is 0 Å². The summed E-state index contributed by atoms with van der Waals surface area (Å²) in [5, 5.41) is 14.9. The van der Waals surface area contributed by atoms with Crippen LogP contribution in [-0.4, -0.2) is 76.3 Å². The molecule has 0 bridgehead atoms. The van der Waals surface area contributed by atoms with Crippen LogP contribution in [0.3, 0.4) is 0 Å². The molecule has 1 aliphatic rings. The van der Waals surface area contributed by atoms with Crippen molar-refractivity contribution in [2.75, 3.05) is 40.6 Å². The minimum Gasteiger partial charge on any atom is -0.491 e. The third-order valence-corrected chi connectivity index (χ3v) is 6.42. The van der Waals surface area contributed by atoms with Gasteiger partial charge in [0.15, 0.2) is 11.5 Å². The van der Waals surface area contributed by atoms with Gasteiger partial charge in [-0.1, -0.05) is 6.07 Å². The number of carbonyl (C=O) groups excluding carboxylic acids is 2. The van der Waals surface area contributed by atoms with E-state index in [-0.39, 0.29) is 36.9 Å². The highest BCUT2D eigenvalue weighted by atomic mass is 32.2. The number of fused-ring (bicyclic) bond motifs is 1. The van der Waals surface area contributed by atoms with Crippen LogP contribution in [0, 0.1) is 0 Å². The molecule has 0 saturated carbocycles. The summed E-state index contributed by atoms with van der Waals surface area (Å²) in [7, 11) is -0.910. The van der Waals surface area contributed by atoms with Gasteiger partial charge in [0.2, 0.25) is 22.7 Å². The molecule has 0 fully saturated rings. The molecule has 3 N–H and O–H groups in total. The molecule has 0 spiro atoms. The lowest BCUT2D eigenvalue weighted by Gasteiger charge is -2.14. The number of ether oxygens (including phenoxy) is 3. The molecular formula is C21H25N3O8S. The van der Waals surface area contributed by atoms with Crippen molar-refractivity contribution in [3.8, 4) is 17.2 Å². The normalized spacial score (nSPS) is 13.5. The Morgan fingerprint density at radius 1 is 1.12 bits per heavy atom. The van der Waals surface area contributed by atoms with Gasteiger partial charge in [0.1, 0.15) is 18.5 Å². The van der Waals surface area contributed by atoms with E-state index in [2.05, 4.69) is 10.6 Å².